The normalized spacial score (nSPS) is 11.8. The fraction of sp³-hybridized carbons (Fsp3) is 0.250. The summed E-state index contributed by atoms with van der Waals surface area (Å²) in [5, 5.41) is 12.7. The number of anilines is 1. The molecule has 40 heavy (non-hydrogen) atoms. The molecule has 5 aromatic rings. The molecule has 5 rings (SSSR count). The van der Waals surface area contributed by atoms with Crippen LogP contribution in [0.5, 0.6) is 0 Å². The molecule has 206 valence electrons. The van der Waals surface area contributed by atoms with E-state index in [9.17, 15) is 13.2 Å². The fourth-order valence-corrected chi connectivity index (χ4v) is 6.11. The number of hydrogen-bond donors (Lipinski definition) is 1. The van der Waals surface area contributed by atoms with E-state index in [0.29, 0.717) is 47.0 Å². The molecule has 0 unspecified atom stereocenters. The van der Waals surface area contributed by atoms with E-state index < -0.39 is 15.9 Å². The number of sulfonamides is 1. The number of nitrogens with zero attached hydrogens (tertiary/aromatic N) is 7. The maximum absolute atomic E-state index is 13.2. The van der Waals surface area contributed by atoms with Gasteiger partial charge in [0, 0.05) is 24.7 Å². The van der Waals surface area contributed by atoms with Crippen LogP contribution in [0.15, 0.2) is 66.0 Å². The summed E-state index contributed by atoms with van der Waals surface area (Å²) in [6.07, 6.45) is 3.12. The minimum atomic E-state index is -3.62. The van der Waals surface area contributed by atoms with E-state index >= 15 is 0 Å². The standard InChI is InChI=1S/C28H30N8O3S/c1-6-34(7-2)40(38,39)22-11-9-21(10-12-22)28(37)32-25-15-20(5)33-36(25)27-23-16-31-35(26(23)29-17-30-27)24-13-8-18(3)14-19(24)4/h8-17H,6-7H2,1-5H3,(H,32,37). The smallest absolute Gasteiger partial charge is 0.256 e. The van der Waals surface area contributed by atoms with E-state index in [1.807, 2.05) is 32.9 Å². The molecule has 3 heterocycles. The number of amides is 1. The highest BCUT2D eigenvalue weighted by Crippen LogP contribution is 2.26. The zero-order chi connectivity index (χ0) is 28.6. The Kier molecular flexibility index (Phi) is 7.21. The Morgan fingerprint density at radius 2 is 1.68 bits per heavy atom. The van der Waals surface area contributed by atoms with Gasteiger partial charge in [-0.2, -0.15) is 19.2 Å². The van der Waals surface area contributed by atoms with Gasteiger partial charge in [-0.3, -0.25) is 4.79 Å². The first-order valence-electron chi connectivity index (χ1n) is 12.9. The maximum atomic E-state index is 13.2. The number of rotatable bonds is 8. The van der Waals surface area contributed by atoms with E-state index in [1.165, 1.54) is 34.9 Å². The van der Waals surface area contributed by atoms with Gasteiger partial charge in [-0.25, -0.2) is 23.1 Å². The maximum Gasteiger partial charge on any atom is 0.256 e. The Bertz CT molecular complexity index is 1820. The molecule has 12 heteroatoms. The number of nitrogens with one attached hydrogen (secondary N) is 1. The van der Waals surface area contributed by atoms with E-state index in [4.69, 9.17) is 0 Å². The van der Waals surface area contributed by atoms with Crippen LogP contribution in [0.25, 0.3) is 22.5 Å². The summed E-state index contributed by atoms with van der Waals surface area (Å²) in [5.41, 5.74) is 4.70. The van der Waals surface area contributed by atoms with Crippen LogP contribution in [0.4, 0.5) is 5.82 Å². The van der Waals surface area contributed by atoms with E-state index in [1.54, 1.807) is 35.5 Å². The van der Waals surface area contributed by atoms with Crippen LogP contribution in [-0.4, -0.2) is 61.2 Å². The Hall–Kier alpha value is -4.42. The summed E-state index contributed by atoms with van der Waals surface area (Å²) < 4.78 is 30.3. The topological polar surface area (TPSA) is 128 Å². The molecule has 11 nitrogen and oxygen atoms in total. The van der Waals surface area contributed by atoms with Crippen molar-refractivity contribution in [3.63, 3.8) is 0 Å². The quantitative estimate of drug-likeness (QED) is 0.302. The molecule has 0 atom stereocenters. The molecule has 0 aliphatic heterocycles. The highest BCUT2D eigenvalue weighted by molar-refractivity contribution is 7.89. The van der Waals surface area contributed by atoms with Crippen LogP contribution in [0, 0.1) is 20.8 Å². The number of carbonyl (C=O) groups is 1. The molecule has 0 saturated carbocycles. The van der Waals surface area contributed by atoms with Crippen LogP contribution < -0.4 is 5.32 Å². The van der Waals surface area contributed by atoms with E-state index in [-0.39, 0.29) is 4.90 Å². The lowest BCUT2D eigenvalue weighted by Crippen LogP contribution is -2.30. The highest BCUT2D eigenvalue weighted by Gasteiger charge is 2.22. The van der Waals surface area contributed by atoms with Gasteiger partial charge in [0.15, 0.2) is 11.5 Å². The van der Waals surface area contributed by atoms with Crippen LogP contribution in [0.3, 0.4) is 0 Å². The molecule has 0 spiro atoms. The zero-order valence-corrected chi connectivity index (χ0v) is 23.8. The summed E-state index contributed by atoms with van der Waals surface area (Å²) in [6.45, 7) is 10.2. The summed E-state index contributed by atoms with van der Waals surface area (Å²) in [4.78, 5) is 22.2. The van der Waals surface area contributed by atoms with Gasteiger partial charge in [0.25, 0.3) is 5.91 Å². The van der Waals surface area contributed by atoms with Gasteiger partial charge in [-0.15, -0.1) is 0 Å². The third-order valence-corrected chi connectivity index (χ3v) is 8.72. The van der Waals surface area contributed by atoms with Gasteiger partial charge in [0.2, 0.25) is 10.0 Å². The predicted octanol–water partition coefficient (Wildman–Crippen LogP) is 4.21. The Balaban J connectivity index is 1.47. The molecule has 3 aromatic heterocycles. The average Bonchev–Trinajstić information content (AvgIpc) is 3.52. The van der Waals surface area contributed by atoms with Crippen molar-refractivity contribution in [1.29, 1.82) is 0 Å². The number of aromatic nitrogens is 6. The minimum absolute atomic E-state index is 0.137. The summed E-state index contributed by atoms with van der Waals surface area (Å²) in [7, 11) is -3.62. The summed E-state index contributed by atoms with van der Waals surface area (Å²) in [5.74, 6) is 0.455. The SMILES string of the molecule is CCN(CC)S(=O)(=O)c1ccc(C(=O)Nc2cc(C)nn2-c2ncnc3c2cnn3-c2ccc(C)cc2C)cc1. The van der Waals surface area contributed by atoms with Crippen molar-refractivity contribution in [2.75, 3.05) is 18.4 Å². The Morgan fingerprint density at radius 3 is 2.35 bits per heavy atom. The van der Waals surface area contributed by atoms with Crippen LogP contribution in [0.1, 0.15) is 41.0 Å². The lowest BCUT2D eigenvalue weighted by Gasteiger charge is -2.18. The number of aryl methyl sites for hydroxylation is 3. The second-order valence-corrected chi connectivity index (χ2v) is 11.4. The Labute approximate surface area is 232 Å². The van der Waals surface area contributed by atoms with Crippen molar-refractivity contribution in [3.05, 3.63) is 83.4 Å². The predicted molar refractivity (Wildman–Crippen MR) is 152 cm³/mol. The van der Waals surface area contributed by atoms with Crippen LogP contribution in [-0.2, 0) is 10.0 Å². The molecular weight excluding hydrogens is 528 g/mol. The minimum Gasteiger partial charge on any atom is -0.306 e. The first-order valence-corrected chi connectivity index (χ1v) is 14.3. The van der Waals surface area contributed by atoms with Gasteiger partial charge < -0.3 is 5.32 Å². The third-order valence-electron chi connectivity index (χ3n) is 6.66. The summed E-state index contributed by atoms with van der Waals surface area (Å²) in [6, 6.07) is 13.7. The molecular formula is C28H30N8O3S. The zero-order valence-electron chi connectivity index (χ0n) is 23.0. The molecule has 0 radical (unpaired) electrons. The molecule has 0 saturated heterocycles. The van der Waals surface area contributed by atoms with Crippen molar-refractivity contribution in [3.8, 4) is 11.5 Å². The number of carbonyl (C=O) groups excluding carboxylic acids is 1. The van der Waals surface area contributed by atoms with Crippen molar-refractivity contribution in [2.24, 2.45) is 0 Å². The molecule has 1 N–H and O–H groups in total. The molecule has 0 fully saturated rings. The second-order valence-electron chi connectivity index (χ2n) is 9.43. The number of benzene rings is 2. The Morgan fingerprint density at radius 1 is 0.950 bits per heavy atom. The highest BCUT2D eigenvalue weighted by atomic mass is 32.2. The number of hydrogen-bond acceptors (Lipinski definition) is 7. The molecule has 0 aliphatic carbocycles. The lowest BCUT2D eigenvalue weighted by atomic mass is 10.1. The largest absolute Gasteiger partial charge is 0.306 e. The van der Waals surface area contributed by atoms with E-state index in [0.717, 1.165) is 16.8 Å². The summed E-state index contributed by atoms with van der Waals surface area (Å²) >= 11 is 0. The molecule has 0 aliphatic rings. The third kappa shape index (κ3) is 4.87. The molecule has 1 amide bonds. The lowest BCUT2D eigenvalue weighted by molar-refractivity contribution is 0.102. The van der Waals surface area contributed by atoms with Crippen LogP contribution in [0.2, 0.25) is 0 Å². The van der Waals surface area contributed by atoms with Gasteiger partial charge in [-0.05, 0) is 56.7 Å². The average molecular weight is 559 g/mol. The van der Waals surface area contributed by atoms with Gasteiger partial charge in [-0.1, -0.05) is 31.5 Å². The van der Waals surface area contributed by atoms with Crippen molar-refractivity contribution in [1.82, 2.24) is 33.8 Å². The van der Waals surface area contributed by atoms with Crippen molar-refractivity contribution in [2.45, 2.75) is 39.5 Å². The van der Waals surface area contributed by atoms with Gasteiger partial charge in [0.05, 0.1) is 27.9 Å². The van der Waals surface area contributed by atoms with Gasteiger partial charge in [0.1, 0.15) is 12.1 Å². The van der Waals surface area contributed by atoms with E-state index in [2.05, 4.69) is 31.5 Å². The van der Waals surface area contributed by atoms with Crippen LogP contribution >= 0.6 is 0 Å². The molecule has 2 aromatic carbocycles. The first kappa shape index (κ1) is 27.2. The second kappa shape index (κ2) is 10.6. The first-order chi connectivity index (χ1) is 19.1. The van der Waals surface area contributed by atoms with Gasteiger partial charge >= 0.3 is 0 Å². The van der Waals surface area contributed by atoms with Crippen molar-refractivity contribution < 1.29 is 13.2 Å². The fourth-order valence-electron chi connectivity index (χ4n) is 4.65. The van der Waals surface area contributed by atoms with Crippen molar-refractivity contribution >= 4 is 32.8 Å². The monoisotopic (exact) mass is 558 g/mol. The molecule has 0 bridgehead atoms. The number of fused-ring (bicyclic) bond motifs is 1.